The number of hydrogen-bond acceptors (Lipinski definition) is 6. The van der Waals surface area contributed by atoms with Crippen molar-refractivity contribution in [3.05, 3.63) is 34.6 Å². The minimum absolute atomic E-state index is 0.0399. The zero-order valence-electron chi connectivity index (χ0n) is 19.4. The summed E-state index contributed by atoms with van der Waals surface area (Å²) in [6.07, 6.45) is 0.837. The van der Waals surface area contributed by atoms with Gasteiger partial charge in [-0.25, -0.2) is 0 Å². The van der Waals surface area contributed by atoms with Crippen molar-refractivity contribution in [2.45, 2.75) is 70.5 Å². The van der Waals surface area contributed by atoms with Crippen LogP contribution < -0.4 is 10.9 Å². The van der Waals surface area contributed by atoms with E-state index in [1.54, 1.807) is 24.5 Å². The molecular weight excluding hydrogens is 424 g/mol. The largest absolute Gasteiger partial charge is 0.337 e. The zero-order chi connectivity index (χ0) is 23.6. The van der Waals surface area contributed by atoms with Crippen LogP contribution >= 0.6 is 11.8 Å². The molecule has 1 N–H and O–H groups in total. The van der Waals surface area contributed by atoms with Gasteiger partial charge in [0.25, 0.3) is 5.56 Å². The third kappa shape index (κ3) is 4.51. The first-order valence-electron chi connectivity index (χ1n) is 10.9. The molecule has 2 unspecified atom stereocenters. The second-order valence-electron chi connectivity index (χ2n) is 8.99. The summed E-state index contributed by atoms with van der Waals surface area (Å²) in [6.45, 7) is 12.1. The fourth-order valence-corrected chi connectivity index (χ4v) is 4.12. The molecule has 0 fully saturated rings. The van der Waals surface area contributed by atoms with Gasteiger partial charge in [-0.15, -0.1) is 10.2 Å². The molecular formula is C23H30N6O2S. The van der Waals surface area contributed by atoms with E-state index in [-0.39, 0.29) is 17.4 Å². The molecule has 3 aromatic rings. The van der Waals surface area contributed by atoms with Crippen LogP contribution in [0.15, 0.2) is 34.2 Å². The first-order valence-corrected chi connectivity index (χ1v) is 11.7. The number of nitrogens with zero attached hydrogens (tertiary/aromatic N) is 5. The third-order valence-electron chi connectivity index (χ3n) is 5.83. The number of thioether (sulfide) groups is 1. The highest BCUT2D eigenvalue weighted by Gasteiger charge is 2.32. The van der Waals surface area contributed by atoms with Gasteiger partial charge in [0.05, 0.1) is 22.2 Å². The van der Waals surface area contributed by atoms with E-state index in [0.29, 0.717) is 34.3 Å². The number of para-hydroxylation sites is 1. The number of rotatable bonds is 8. The van der Waals surface area contributed by atoms with E-state index in [4.69, 9.17) is 0 Å². The zero-order valence-corrected chi connectivity index (χ0v) is 20.2. The summed E-state index contributed by atoms with van der Waals surface area (Å²) in [5.41, 5.74) is -0.342. The van der Waals surface area contributed by atoms with Crippen molar-refractivity contribution in [1.82, 2.24) is 24.5 Å². The Labute approximate surface area is 192 Å². The maximum absolute atomic E-state index is 13.1. The normalized spacial score (nSPS) is 14.6. The van der Waals surface area contributed by atoms with Crippen LogP contribution in [0.1, 0.15) is 48.0 Å². The van der Waals surface area contributed by atoms with Gasteiger partial charge in [-0.1, -0.05) is 51.6 Å². The number of nitriles is 1. The van der Waals surface area contributed by atoms with E-state index >= 15 is 0 Å². The Morgan fingerprint density at radius 1 is 1.22 bits per heavy atom. The van der Waals surface area contributed by atoms with E-state index in [0.717, 1.165) is 6.42 Å². The molecule has 0 aliphatic heterocycles. The first kappa shape index (κ1) is 23.8. The Bertz CT molecular complexity index is 1240. The summed E-state index contributed by atoms with van der Waals surface area (Å²) in [5, 5.41) is 21.6. The summed E-state index contributed by atoms with van der Waals surface area (Å²) in [5.74, 6) is 0.613. The lowest BCUT2D eigenvalue weighted by Gasteiger charge is -2.28. The molecule has 0 bridgehead atoms. The second kappa shape index (κ2) is 9.33. The monoisotopic (exact) mass is 454 g/mol. The highest BCUT2D eigenvalue weighted by atomic mass is 32.2. The van der Waals surface area contributed by atoms with Crippen molar-refractivity contribution in [1.29, 1.82) is 5.26 Å². The van der Waals surface area contributed by atoms with Gasteiger partial charge >= 0.3 is 0 Å². The fourth-order valence-electron chi connectivity index (χ4n) is 3.27. The Kier molecular flexibility index (Phi) is 6.94. The standard InChI is InChI=1S/C23H30N6O2S/c1-14(2)11-12-28-20(31)17-9-7-8-10-18(17)29-21(28)26-27-22(29)32-16(5)19(30)25-23(6,13-24)15(3)4/h7-10,14-16H,11-12H2,1-6H3,(H,25,30). The molecule has 2 heterocycles. The Hall–Kier alpha value is -2.86. The minimum Gasteiger partial charge on any atom is -0.337 e. The molecule has 3 rings (SSSR count). The summed E-state index contributed by atoms with van der Waals surface area (Å²) >= 11 is 1.26. The van der Waals surface area contributed by atoms with Crippen LogP contribution in [0.25, 0.3) is 16.7 Å². The highest BCUT2D eigenvalue weighted by Crippen LogP contribution is 2.26. The average Bonchev–Trinajstić information content (AvgIpc) is 3.16. The fraction of sp³-hybridized carbons (Fsp3) is 0.522. The second-order valence-corrected chi connectivity index (χ2v) is 10.3. The molecule has 0 spiro atoms. The molecule has 0 saturated heterocycles. The number of benzene rings is 1. The lowest BCUT2D eigenvalue weighted by molar-refractivity contribution is -0.121. The topological polar surface area (TPSA) is 105 Å². The number of carbonyl (C=O) groups excluding carboxylic acids is 1. The highest BCUT2D eigenvalue weighted by molar-refractivity contribution is 8.00. The van der Waals surface area contributed by atoms with E-state index < -0.39 is 10.8 Å². The number of amides is 1. The van der Waals surface area contributed by atoms with Gasteiger partial charge in [0.1, 0.15) is 5.54 Å². The van der Waals surface area contributed by atoms with Crippen molar-refractivity contribution in [2.75, 3.05) is 0 Å². The number of carbonyl (C=O) groups is 1. The number of aromatic nitrogens is 4. The van der Waals surface area contributed by atoms with Crippen molar-refractivity contribution in [3.63, 3.8) is 0 Å². The molecule has 1 aromatic carbocycles. The smallest absolute Gasteiger partial charge is 0.262 e. The molecule has 0 radical (unpaired) electrons. The van der Waals surface area contributed by atoms with Crippen molar-refractivity contribution < 1.29 is 4.79 Å². The summed E-state index contributed by atoms with van der Waals surface area (Å²) in [4.78, 5) is 26.0. The lowest BCUT2D eigenvalue weighted by Crippen LogP contribution is -2.51. The Morgan fingerprint density at radius 2 is 1.91 bits per heavy atom. The predicted octanol–water partition coefficient (Wildman–Crippen LogP) is 3.63. The van der Waals surface area contributed by atoms with Crippen LogP contribution in [-0.4, -0.2) is 35.9 Å². The van der Waals surface area contributed by atoms with Gasteiger partial charge < -0.3 is 5.32 Å². The molecule has 0 aliphatic rings. The first-order chi connectivity index (χ1) is 15.1. The van der Waals surface area contributed by atoms with Gasteiger partial charge in [-0.3, -0.25) is 18.6 Å². The number of nitrogens with one attached hydrogen (secondary N) is 1. The lowest BCUT2D eigenvalue weighted by atomic mass is 9.90. The maximum Gasteiger partial charge on any atom is 0.262 e. The molecule has 9 heteroatoms. The Morgan fingerprint density at radius 3 is 2.53 bits per heavy atom. The van der Waals surface area contributed by atoms with E-state index in [2.05, 4.69) is 35.4 Å². The number of fused-ring (bicyclic) bond motifs is 3. The molecule has 2 atom stereocenters. The Balaban J connectivity index is 2.02. The van der Waals surface area contributed by atoms with Crippen LogP contribution in [-0.2, 0) is 11.3 Å². The minimum atomic E-state index is -0.956. The summed E-state index contributed by atoms with van der Waals surface area (Å²) < 4.78 is 3.51. The number of hydrogen-bond donors (Lipinski definition) is 1. The van der Waals surface area contributed by atoms with Crippen molar-refractivity contribution in [3.8, 4) is 6.07 Å². The van der Waals surface area contributed by atoms with Crippen LogP contribution in [0.4, 0.5) is 0 Å². The van der Waals surface area contributed by atoms with Crippen LogP contribution in [0.3, 0.4) is 0 Å². The van der Waals surface area contributed by atoms with Crippen LogP contribution in [0, 0.1) is 23.2 Å². The van der Waals surface area contributed by atoms with Gasteiger partial charge in [0.15, 0.2) is 5.16 Å². The van der Waals surface area contributed by atoms with Gasteiger partial charge in [0, 0.05) is 6.54 Å². The average molecular weight is 455 g/mol. The van der Waals surface area contributed by atoms with Gasteiger partial charge in [0.2, 0.25) is 11.7 Å². The maximum atomic E-state index is 13.1. The van der Waals surface area contributed by atoms with E-state index in [9.17, 15) is 14.9 Å². The molecule has 0 saturated carbocycles. The molecule has 32 heavy (non-hydrogen) atoms. The number of aryl methyl sites for hydroxylation is 1. The van der Waals surface area contributed by atoms with Gasteiger partial charge in [-0.05, 0) is 44.2 Å². The van der Waals surface area contributed by atoms with E-state index in [1.165, 1.54) is 11.8 Å². The SMILES string of the molecule is CC(C)CCn1c(=O)c2ccccc2n2c(SC(C)C(=O)NC(C)(C#N)C(C)C)nnc12. The van der Waals surface area contributed by atoms with Crippen LogP contribution in [0.5, 0.6) is 0 Å². The molecule has 1 amide bonds. The quantitative estimate of drug-likeness (QED) is 0.521. The van der Waals surface area contributed by atoms with Crippen LogP contribution in [0.2, 0.25) is 0 Å². The molecule has 0 aliphatic carbocycles. The van der Waals surface area contributed by atoms with Crippen molar-refractivity contribution in [2.24, 2.45) is 11.8 Å². The predicted molar refractivity (Wildman–Crippen MR) is 127 cm³/mol. The summed E-state index contributed by atoms with van der Waals surface area (Å²) in [7, 11) is 0. The third-order valence-corrected chi connectivity index (χ3v) is 6.87. The van der Waals surface area contributed by atoms with Crippen molar-refractivity contribution >= 4 is 34.3 Å². The van der Waals surface area contributed by atoms with E-state index in [1.807, 2.05) is 36.4 Å². The summed E-state index contributed by atoms with van der Waals surface area (Å²) in [6, 6.07) is 9.57. The molecule has 2 aromatic heterocycles. The molecule has 8 nitrogen and oxygen atoms in total. The van der Waals surface area contributed by atoms with Gasteiger partial charge in [-0.2, -0.15) is 5.26 Å². The molecule has 170 valence electrons.